The Bertz CT molecular complexity index is 1220. The first-order chi connectivity index (χ1) is 16.8. The van der Waals surface area contributed by atoms with Crippen LogP contribution in [-0.2, 0) is 19.6 Å². The standard InChI is InChI=1S/C25H30N4O5S/c1-34-19-8-10-20(11-9-19)35(32,33)28-16-14-27(15-17-28)18-23(30)29-22-7-3-2-6-21(22)26-24(31)25(29)12-4-5-13-25/h2-3,6-11H,4-5,12-18H2,1H3,(H,26,31). The molecule has 0 aromatic heterocycles. The van der Waals surface area contributed by atoms with Gasteiger partial charge in [-0.2, -0.15) is 4.31 Å². The van der Waals surface area contributed by atoms with Crippen LogP contribution >= 0.6 is 0 Å². The summed E-state index contributed by atoms with van der Waals surface area (Å²) in [6.07, 6.45) is 3.10. The van der Waals surface area contributed by atoms with E-state index >= 15 is 0 Å². The van der Waals surface area contributed by atoms with Gasteiger partial charge in [0.25, 0.3) is 5.91 Å². The van der Waals surface area contributed by atoms with E-state index < -0.39 is 15.6 Å². The van der Waals surface area contributed by atoms with Crippen molar-refractivity contribution in [3.63, 3.8) is 0 Å². The first-order valence-corrected chi connectivity index (χ1v) is 13.4. The normalized spacial score (nSPS) is 20.5. The highest BCUT2D eigenvalue weighted by Crippen LogP contribution is 2.45. The monoisotopic (exact) mass is 498 g/mol. The van der Waals surface area contributed by atoms with Crippen LogP contribution in [0.3, 0.4) is 0 Å². The number of carbonyl (C=O) groups excluding carboxylic acids is 2. The van der Waals surface area contributed by atoms with Crippen molar-refractivity contribution in [1.82, 2.24) is 9.21 Å². The molecule has 2 amide bonds. The number of hydrogen-bond acceptors (Lipinski definition) is 6. The summed E-state index contributed by atoms with van der Waals surface area (Å²) in [5.41, 5.74) is 0.545. The summed E-state index contributed by atoms with van der Waals surface area (Å²) in [4.78, 5) is 30.7. The fraction of sp³-hybridized carbons (Fsp3) is 0.440. The molecular weight excluding hydrogens is 468 g/mol. The van der Waals surface area contributed by atoms with Crippen LogP contribution in [0.25, 0.3) is 0 Å². The Morgan fingerprint density at radius 2 is 1.66 bits per heavy atom. The molecule has 0 atom stereocenters. The van der Waals surface area contributed by atoms with Gasteiger partial charge in [0.2, 0.25) is 15.9 Å². The van der Waals surface area contributed by atoms with E-state index in [1.807, 2.05) is 29.2 Å². The summed E-state index contributed by atoms with van der Waals surface area (Å²) in [6.45, 7) is 1.61. The Labute approximate surface area is 205 Å². The lowest BCUT2D eigenvalue weighted by Crippen LogP contribution is -2.62. The minimum atomic E-state index is -3.62. The van der Waals surface area contributed by atoms with Crippen LogP contribution in [0.2, 0.25) is 0 Å². The molecule has 1 saturated heterocycles. The Morgan fingerprint density at radius 3 is 2.31 bits per heavy atom. The molecular formula is C25H30N4O5S. The van der Waals surface area contributed by atoms with E-state index in [0.29, 0.717) is 50.5 Å². The first-order valence-electron chi connectivity index (χ1n) is 12.0. The number of rotatable bonds is 5. The van der Waals surface area contributed by atoms with Crippen LogP contribution in [0, 0.1) is 0 Å². The number of fused-ring (bicyclic) bond motifs is 1. The number of nitrogens with zero attached hydrogens (tertiary/aromatic N) is 3. The van der Waals surface area contributed by atoms with Crippen LogP contribution in [0.1, 0.15) is 25.7 Å². The number of anilines is 2. The molecule has 2 fully saturated rings. The number of ether oxygens (including phenoxy) is 1. The summed E-state index contributed by atoms with van der Waals surface area (Å²) in [6, 6.07) is 13.8. The molecule has 1 spiro atoms. The lowest BCUT2D eigenvalue weighted by atomic mass is 9.89. The van der Waals surface area contributed by atoms with E-state index in [1.54, 1.807) is 29.2 Å². The molecule has 1 aliphatic carbocycles. The minimum absolute atomic E-state index is 0.113. The highest BCUT2D eigenvalue weighted by Gasteiger charge is 2.52. The van der Waals surface area contributed by atoms with Crippen molar-refractivity contribution in [1.29, 1.82) is 0 Å². The number of carbonyl (C=O) groups is 2. The van der Waals surface area contributed by atoms with Gasteiger partial charge in [0.15, 0.2) is 0 Å². The van der Waals surface area contributed by atoms with Crippen LogP contribution in [0.4, 0.5) is 11.4 Å². The third-order valence-electron chi connectivity index (χ3n) is 7.31. The Morgan fingerprint density at radius 1 is 1.00 bits per heavy atom. The predicted molar refractivity (Wildman–Crippen MR) is 132 cm³/mol. The van der Waals surface area contributed by atoms with Gasteiger partial charge in [-0.15, -0.1) is 0 Å². The zero-order valence-electron chi connectivity index (χ0n) is 19.8. The number of amides is 2. The number of hydrogen-bond donors (Lipinski definition) is 1. The summed E-state index contributed by atoms with van der Waals surface area (Å²) < 4.78 is 32.7. The van der Waals surface area contributed by atoms with Gasteiger partial charge < -0.3 is 10.1 Å². The quantitative estimate of drug-likeness (QED) is 0.679. The van der Waals surface area contributed by atoms with Crippen molar-refractivity contribution < 1.29 is 22.7 Å². The minimum Gasteiger partial charge on any atom is -0.497 e. The molecule has 0 unspecified atom stereocenters. The molecule has 1 saturated carbocycles. The third-order valence-corrected chi connectivity index (χ3v) is 9.22. The van der Waals surface area contributed by atoms with E-state index in [0.717, 1.165) is 18.5 Å². The smallest absolute Gasteiger partial charge is 0.250 e. The lowest BCUT2D eigenvalue weighted by molar-refractivity contribution is -0.128. The fourth-order valence-electron chi connectivity index (χ4n) is 5.42. The van der Waals surface area contributed by atoms with Crippen LogP contribution in [0.5, 0.6) is 5.75 Å². The van der Waals surface area contributed by atoms with Gasteiger partial charge >= 0.3 is 0 Å². The van der Waals surface area contributed by atoms with E-state index in [-0.39, 0.29) is 23.3 Å². The van der Waals surface area contributed by atoms with Gasteiger partial charge in [0.1, 0.15) is 11.3 Å². The second-order valence-corrected chi connectivity index (χ2v) is 11.2. The molecule has 9 nitrogen and oxygen atoms in total. The number of nitrogens with one attached hydrogen (secondary N) is 1. The molecule has 2 aromatic rings. The predicted octanol–water partition coefficient (Wildman–Crippen LogP) is 2.30. The van der Waals surface area contributed by atoms with Gasteiger partial charge in [-0.25, -0.2) is 8.42 Å². The largest absolute Gasteiger partial charge is 0.497 e. The lowest BCUT2D eigenvalue weighted by Gasteiger charge is -2.45. The average molecular weight is 499 g/mol. The van der Waals surface area contributed by atoms with Gasteiger partial charge in [-0.3, -0.25) is 19.4 Å². The highest BCUT2D eigenvalue weighted by atomic mass is 32.2. The molecule has 0 radical (unpaired) electrons. The van der Waals surface area contributed by atoms with E-state index in [1.165, 1.54) is 11.4 Å². The Kier molecular flexibility index (Phi) is 6.29. The number of para-hydroxylation sites is 2. The zero-order chi connectivity index (χ0) is 24.6. The average Bonchev–Trinajstić information content (AvgIpc) is 3.35. The molecule has 10 heteroatoms. The molecule has 5 rings (SSSR count). The van der Waals surface area contributed by atoms with Crippen molar-refractivity contribution in [3.8, 4) is 5.75 Å². The summed E-state index contributed by atoms with van der Waals surface area (Å²) in [7, 11) is -2.09. The second-order valence-electron chi connectivity index (χ2n) is 9.29. The van der Waals surface area contributed by atoms with Crippen LogP contribution in [-0.4, -0.2) is 74.8 Å². The maximum atomic E-state index is 13.7. The van der Waals surface area contributed by atoms with Gasteiger partial charge in [0.05, 0.1) is 29.9 Å². The molecule has 186 valence electrons. The van der Waals surface area contributed by atoms with Crippen molar-refractivity contribution >= 4 is 33.2 Å². The van der Waals surface area contributed by atoms with Crippen LogP contribution < -0.4 is 15.0 Å². The number of piperazine rings is 1. The molecule has 35 heavy (non-hydrogen) atoms. The molecule has 2 heterocycles. The SMILES string of the molecule is COc1ccc(S(=O)(=O)N2CCN(CC(=O)N3c4ccccc4NC(=O)C34CCCC4)CC2)cc1. The summed E-state index contributed by atoms with van der Waals surface area (Å²) in [5.74, 6) is 0.360. The molecule has 1 N–H and O–H groups in total. The maximum Gasteiger partial charge on any atom is 0.250 e. The molecule has 2 aromatic carbocycles. The number of benzene rings is 2. The first kappa shape index (κ1) is 23.8. The molecule has 3 aliphatic rings. The molecule has 2 aliphatic heterocycles. The number of sulfonamides is 1. The highest BCUT2D eigenvalue weighted by molar-refractivity contribution is 7.89. The van der Waals surface area contributed by atoms with Crippen molar-refractivity contribution in [3.05, 3.63) is 48.5 Å². The summed E-state index contributed by atoms with van der Waals surface area (Å²) >= 11 is 0. The Hall–Kier alpha value is -2.95. The second kappa shape index (κ2) is 9.25. The fourth-order valence-corrected chi connectivity index (χ4v) is 6.84. The van der Waals surface area contributed by atoms with Gasteiger partial charge in [0, 0.05) is 26.2 Å². The van der Waals surface area contributed by atoms with Gasteiger partial charge in [-0.05, 0) is 49.2 Å². The van der Waals surface area contributed by atoms with Crippen LogP contribution in [0.15, 0.2) is 53.4 Å². The van der Waals surface area contributed by atoms with Crippen molar-refractivity contribution in [2.75, 3.05) is 50.1 Å². The number of methoxy groups -OCH3 is 1. The maximum absolute atomic E-state index is 13.7. The van der Waals surface area contributed by atoms with Crippen molar-refractivity contribution in [2.45, 2.75) is 36.1 Å². The summed E-state index contributed by atoms with van der Waals surface area (Å²) in [5, 5.41) is 3.00. The topological polar surface area (TPSA) is 99.3 Å². The Balaban J connectivity index is 1.29. The van der Waals surface area contributed by atoms with E-state index in [2.05, 4.69) is 5.32 Å². The van der Waals surface area contributed by atoms with Gasteiger partial charge in [-0.1, -0.05) is 25.0 Å². The van der Waals surface area contributed by atoms with Crippen molar-refractivity contribution in [2.24, 2.45) is 0 Å². The zero-order valence-corrected chi connectivity index (χ0v) is 20.6. The molecule has 0 bridgehead atoms. The van der Waals surface area contributed by atoms with E-state index in [4.69, 9.17) is 4.74 Å². The third kappa shape index (κ3) is 4.19. The van der Waals surface area contributed by atoms with E-state index in [9.17, 15) is 18.0 Å².